The first-order valence-electron chi connectivity index (χ1n) is 21.6. The van der Waals surface area contributed by atoms with Crippen molar-refractivity contribution in [2.75, 3.05) is 169 Å². The molecule has 59 heavy (non-hydrogen) atoms. The minimum absolute atomic E-state index is 0. The Morgan fingerprint density at radius 1 is 0.542 bits per heavy atom. The fraction of sp³-hybridized carbons (Fsp3) is 0.911. The van der Waals surface area contributed by atoms with Gasteiger partial charge in [-0.15, -0.1) is 0 Å². The molecule has 3 heterocycles. The molecule has 0 aromatic carbocycles. The van der Waals surface area contributed by atoms with Gasteiger partial charge in [0, 0.05) is 34.4 Å². The largest absolute Gasteiger partial charge is 0.395 e. The normalized spacial score (nSPS) is 16.8. The summed E-state index contributed by atoms with van der Waals surface area (Å²) in [5.41, 5.74) is 0. The van der Waals surface area contributed by atoms with Crippen LogP contribution < -0.4 is 0 Å². The van der Waals surface area contributed by atoms with E-state index >= 15 is 0 Å². The minimum atomic E-state index is -1.47. The molecule has 3 rings (SSSR count). The van der Waals surface area contributed by atoms with Crippen LogP contribution in [0.15, 0.2) is 0 Å². The molecule has 2 unspecified atom stereocenters. The van der Waals surface area contributed by atoms with Crippen molar-refractivity contribution in [3.05, 3.63) is 0 Å². The van der Waals surface area contributed by atoms with Gasteiger partial charge >= 0.3 is 0 Å². The Balaban J connectivity index is -0.0000000850. The van der Waals surface area contributed by atoms with Gasteiger partial charge in [0.25, 0.3) is 0 Å². The van der Waals surface area contributed by atoms with Crippen LogP contribution in [0.25, 0.3) is 0 Å². The van der Waals surface area contributed by atoms with Gasteiger partial charge in [0.2, 0.25) is 0 Å². The number of aliphatic hydroxyl groups excluding tert-OH is 1. The van der Waals surface area contributed by atoms with Crippen LogP contribution in [0.2, 0.25) is 0 Å². The molecule has 0 aromatic heterocycles. The van der Waals surface area contributed by atoms with Crippen molar-refractivity contribution in [2.24, 2.45) is 0 Å². The molecule has 2 atom stereocenters. The van der Waals surface area contributed by atoms with Gasteiger partial charge in [-0.05, 0) is 176 Å². The molecule has 3 aliphatic heterocycles. The van der Waals surface area contributed by atoms with E-state index in [9.17, 15) is 0 Å². The highest BCUT2D eigenvalue weighted by Crippen LogP contribution is 2.39. The first kappa shape index (κ1) is 77.1. The molecular weight excluding hydrogens is 816 g/mol. The number of hydrogen-bond donors (Lipinski definition) is 1. The highest BCUT2D eigenvalue weighted by Gasteiger charge is 2.21. The Kier molecular flexibility index (Phi) is 65.1. The molecule has 14 heteroatoms. The summed E-state index contributed by atoms with van der Waals surface area (Å²) < 4.78 is 25.7. The third-order valence-corrected chi connectivity index (χ3v) is 11.6. The Hall–Kier alpha value is 0.800. The maximum Gasteiger partial charge on any atom is 0.0765 e. The molecule has 3 saturated heterocycles. The van der Waals surface area contributed by atoms with Crippen molar-refractivity contribution >= 4 is 53.6 Å². The van der Waals surface area contributed by atoms with Crippen molar-refractivity contribution in [2.45, 2.75) is 107 Å². The van der Waals surface area contributed by atoms with Crippen molar-refractivity contribution in [3.63, 3.8) is 0 Å². The number of morpholine rings is 1. The summed E-state index contributed by atoms with van der Waals surface area (Å²) in [5.74, 6) is 0. The highest BCUT2D eigenvalue weighted by molar-refractivity contribution is 7.68. The lowest BCUT2D eigenvalue weighted by molar-refractivity contribution is 0.0503. The molecule has 0 bridgehead atoms. The topological polar surface area (TPSA) is 79.3 Å². The number of likely N-dealkylation sites (N-methyl/N-ethyl adjacent to an activating group) is 2. The van der Waals surface area contributed by atoms with E-state index in [2.05, 4.69) is 61.0 Å². The van der Waals surface area contributed by atoms with Crippen molar-refractivity contribution < 1.29 is 27.9 Å². The van der Waals surface area contributed by atoms with E-state index in [0.717, 1.165) is 26.3 Å². The molecular formula is C45H114N4O6P4. The molecule has 0 aliphatic carbocycles. The number of piperidine rings is 2. The van der Waals surface area contributed by atoms with Gasteiger partial charge in [-0.1, -0.05) is 87.0 Å². The number of aliphatic hydroxyl groups is 1. The summed E-state index contributed by atoms with van der Waals surface area (Å²) in [6.45, 7) is 39.6. The first-order chi connectivity index (χ1) is 26.6. The van der Waals surface area contributed by atoms with E-state index < -0.39 is 28.5 Å². The molecule has 3 aliphatic rings. The second kappa shape index (κ2) is 49.8. The van der Waals surface area contributed by atoms with E-state index in [0.29, 0.717) is 0 Å². The molecule has 0 aromatic rings. The molecule has 0 amide bonds. The first-order valence-corrected chi connectivity index (χ1v) is 32.8. The predicted molar refractivity (Wildman–Crippen MR) is 291 cm³/mol. The van der Waals surface area contributed by atoms with E-state index in [4.69, 9.17) is 27.9 Å². The SMILES string of the molecule is C.C=P(C)(C)OC.C=P(C)(C)OC.C=P(C)(C)OC.C=P(C)(C)OC(C)C(CO)N(C)C.CC.CC.CC.CN1CCCCC1.CN1CCCCC1.CN1CCOCC1. The van der Waals surface area contributed by atoms with E-state index in [1.807, 2.05) is 121 Å². The Morgan fingerprint density at radius 2 is 0.780 bits per heavy atom. The van der Waals surface area contributed by atoms with Crippen LogP contribution in [0.4, 0.5) is 0 Å². The monoisotopic (exact) mass is 931 g/mol. The van der Waals surface area contributed by atoms with E-state index in [-0.39, 0.29) is 26.2 Å². The number of likely N-dealkylation sites (tertiary alicyclic amines) is 2. The van der Waals surface area contributed by atoms with Crippen LogP contribution in [-0.4, -0.2) is 231 Å². The van der Waals surface area contributed by atoms with Crippen LogP contribution >= 0.6 is 28.5 Å². The average molecular weight is 931 g/mol. The fourth-order valence-corrected chi connectivity index (χ4v) is 5.05. The third kappa shape index (κ3) is 79.7. The fourth-order valence-electron chi connectivity index (χ4n) is 4.01. The zero-order chi connectivity index (χ0) is 47.6. The number of hydrogen-bond acceptors (Lipinski definition) is 10. The second-order valence-corrected chi connectivity index (χ2v) is 29.9. The Labute approximate surface area is 375 Å². The molecule has 10 nitrogen and oxygen atoms in total. The number of ether oxygens (including phenoxy) is 1. The van der Waals surface area contributed by atoms with Crippen molar-refractivity contribution in [3.8, 4) is 0 Å². The summed E-state index contributed by atoms with van der Waals surface area (Å²) in [5, 5.41) is 9.13. The second-order valence-electron chi connectivity index (χ2n) is 16.0. The van der Waals surface area contributed by atoms with Crippen LogP contribution in [-0.2, 0) is 22.8 Å². The number of nitrogens with zero attached hydrogens (tertiary/aromatic N) is 4. The summed E-state index contributed by atoms with van der Waals surface area (Å²) in [4.78, 5) is 9.02. The van der Waals surface area contributed by atoms with Gasteiger partial charge in [-0.3, -0.25) is 0 Å². The van der Waals surface area contributed by atoms with Crippen molar-refractivity contribution in [1.29, 1.82) is 0 Å². The van der Waals surface area contributed by atoms with Crippen LogP contribution in [0, 0.1) is 0 Å². The summed E-state index contributed by atoms with van der Waals surface area (Å²) in [6.07, 6.45) is 23.9. The van der Waals surface area contributed by atoms with Crippen LogP contribution in [0.1, 0.15) is 94.4 Å². The van der Waals surface area contributed by atoms with Gasteiger partial charge in [-0.25, -0.2) is 0 Å². The quantitative estimate of drug-likeness (QED) is 0.238. The zero-order valence-corrected chi connectivity index (χ0v) is 47.2. The minimum Gasteiger partial charge on any atom is -0.395 e. The van der Waals surface area contributed by atoms with Gasteiger partial charge in [-0.2, -0.15) is 0 Å². The van der Waals surface area contributed by atoms with Gasteiger partial charge < -0.3 is 47.5 Å². The molecule has 1 N–H and O–H groups in total. The standard InChI is InChI=1S/C9H22NO2P.2C6H13N.C5H11NO.3C4H11OP.3C2H6.CH4/c1-8(12-13(4,5)6)9(7-11)10(2)3;2*1-7-5-3-2-4-6-7;1-6-2-4-7-5-3-6;3*1-5-6(2,3)4;3*1-2;/h8-9,11H,4,7H2,1-3,5-6H3;2*2-6H2,1H3;2-5H2,1H3;3*2H2,1,3-4H3;3*1-2H3;1H4. The average Bonchev–Trinajstić information content (AvgIpc) is 3.15. The van der Waals surface area contributed by atoms with Gasteiger partial charge in [0.05, 0.1) is 32.0 Å². The lowest BCUT2D eigenvalue weighted by atomic mass is 10.1. The predicted octanol–water partition coefficient (Wildman–Crippen LogP) is 10.6. The summed E-state index contributed by atoms with van der Waals surface area (Å²) in [7, 11) is 10.6. The van der Waals surface area contributed by atoms with Crippen LogP contribution in [0.5, 0.6) is 0 Å². The van der Waals surface area contributed by atoms with Crippen molar-refractivity contribution in [1.82, 2.24) is 19.6 Å². The van der Waals surface area contributed by atoms with Crippen LogP contribution in [0.3, 0.4) is 0 Å². The molecule has 0 saturated carbocycles. The zero-order valence-electron chi connectivity index (χ0n) is 43.7. The maximum atomic E-state index is 9.13. The summed E-state index contributed by atoms with van der Waals surface area (Å²) in [6, 6.07) is 0.0565. The maximum absolute atomic E-state index is 9.13. The highest BCUT2D eigenvalue weighted by atomic mass is 31.2. The van der Waals surface area contributed by atoms with E-state index in [1.165, 1.54) is 64.7 Å². The Morgan fingerprint density at radius 3 is 0.898 bits per heavy atom. The summed E-state index contributed by atoms with van der Waals surface area (Å²) >= 11 is 0. The lowest BCUT2D eigenvalue weighted by Gasteiger charge is -2.31. The molecule has 0 spiro atoms. The van der Waals surface area contributed by atoms with Gasteiger partial charge in [0.15, 0.2) is 0 Å². The third-order valence-electron chi connectivity index (χ3n) is 7.72. The molecule has 3 fully saturated rings. The molecule has 0 radical (unpaired) electrons. The lowest BCUT2D eigenvalue weighted by Crippen LogP contribution is -2.41. The van der Waals surface area contributed by atoms with E-state index in [1.54, 1.807) is 21.3 Å². The Bertz CT molecular complexity index is 891. The number of rotatable bonds is 8. The van der Waals surface area contributed by atoms with Gasteiger partial charge in [0.1, 0.15) is 0 Å². The smallest absolute Gasteiger partial charge is 0.0765 e. The molecule has 370 valence electrons.